The highest BCUT2D eigenvalue weighted by Crippen LogP contribution is 2.29. The zero-order chi connectivity index (χ0) is 11.6. The molecule has 80 valence electrons. The number of ether oxygens (including phenoxy) is 1. The zero-order valence-corrected chi connectivity index (χ0v) is 8.18. The van der Waals surface area contributed by atoms with Crippen LogP contribution in [0, 0.1) is 17.0 Å². The quantitative estimate of drug-likeness (QED) is 0.605. The highest BCUT2D eigenvalue weighted by Gasteiger charge is 2.24. The molecule has 1 aromatic carbocycles. The molecule has 0 unspecified atom stereocenters. The number of rotatable bonds is 3. The second kappa shape index (κ2) is 3.95. The predicted octanol–water partition coefficient (Wildman–Crippen LogP) is 1.61. The van der Waals surface area contributed by atoms with Crippen molar-refractivity contribution in [2.75, 3.05) is 7.11 Å². The molecule has 0 saturated heterocycles. The van der Waals surface area contributed by atoms with Crippen LogP contribution in [-0.2, 0) is 0 Å². The van der Waals surface area contributed by atoms with Gasteiger partial charge < -0.3 is 9.84 Å². The topological polar surface area (TPSA) is 89.7 Å². The Bertz CT molecular complexity index is 427. The average Bonchev–Trinajstić information content (AvgIpc) is 2.16. The van der Waals surface area contributed by atoms with Crippen molar-refractivity contribution in [2.45, 2.75) is 6.92 Å². The molecule has 0 aliphatic heterocycles. The lowest BCUT2D eigenvalue weighted by Gasteiger charge is -2.07. The van der Waals surface area contributed by atoms with Gasteiger partial charge >= 0.3 is 5.97 Å². The molecule has 0 aliphatic rings. The molecular weight excluding hydrogens is 202 g/mol. The summed E-state index contributed by atoms with van der Waals surface area (Å²) in [5, 5.41) is 19.4. The number of aromatic carboxylic acids is 1. The molecule has 15 heavy (non-hydrogen) atoms. The summed E-state index contributed by atoms with van der Waals surface area (Å²) >= 11 is 0. The highest BCUT2D eigenvalue weighted by atomic mass is 16.6. The maximum atomic E-state index is 10.9. The number of nitro groups is 1. The van der Waals surface area contributed by atoms with Crippen molar-refractivity contribution in [1.82, 2.24) is 0 Å². The number of benzene rings is 1. The number of carbonyl (C=O) groups is 1. The van der Waals surface area contributed by atoms with Crippen LogP contribution in [-0.4, -0.2) is 23.1 Å². The zero-order valence-electron chi connectivity index (χ0n) is 8.18. The summed E-state index contributed by atoms with van der Waals surface area (Å²) in [7, 11) is 1.37. The van der Waals surface area contributed by atoms with Crippen LogP contribution in [0.3, 0.4) is 0 Å². The Morgan fingerprint density at radius 3 is 2.53 bits per heavy atom. The normalized spacial score (nSPS) is 9.73. The van der Waals surface area contributed by atoms with E-state index in [1.165, 1.54) is 20.1 Å². The number of hydrogen-bond donors (Lipinski definition) is 1. The van der Waals surface area contributed by atoms with E-state index < -0.39 is 16.6 Å². The molecule has 0 atom stereocenters. The van der Waals surface area contributed by atoms with Crippen LogP contribution in [0.25, 0.3) is 0 Å². The van der Waals surface area contributed by atoms with E-state index in [0.29, 0.717) is 5.75 Å². The first-order valence-corrected chi connectivity index (χ1v) is 4.04. The Morgan fingerprint density at radius 2 is 2.13 bits per heavy atom. The number of nitro benzene ring substituents is 1. The van der Waals surface area contributed by atoms with Crippen LogP contribution in [0.5, 0.6) is 5.75 Å². The molecule has 0 bridgehead atoms. The molecule has 1 N–H and O–H groups in total. The van der Waals surface area contributed by atoms with Gasteiger partial charge in [-0.3, -0.25) is 10.1 Å². The number of carboxylic acid groups (broad SMARTS) is 1. The van der Waals surface area contributed by atoms with Crippen molar-refractivity contribution in [3.8, 4) is 5.75 Å². The van der Waals surface area contributed by atoms with E-state index in [1.807, 2.05) is 0 Å². The number of carboxylic acids is 1. The van der Waals surface area contributed by atoms with Crippen molar-refractivity contribution in [2.24, 2.45) is 0 Å². The summed E-state index contributed by atoms with van der Waals surface area (Å²) in [5.41, 5.74) is -0.514. The first-order valence-electron chi connectivity index (χ1n) is 4.04. The third-order valence-electron chi connectivity index (χ3n) is 2.02. The van der Waals surface area contributed by atoms with Crippen LogP contribution in [0.1, 0.15) is 15.9 Å². The summed E-state index contributed by atoms with van der Waals surface area (Å²) in [6.45, 7) is 1.47. The summed E-state index contributed by atoms with van der Waals surface area (Å²) in [6, 6.07) is 2.50. The van der Waals surface area contributed by atoms with E-state index in [2.05, 4.69) is 0 Å². The third kappa shape index (κ3) is 1.88. The minimum absolute atomic E-state index is 0.249. The fourth-order valence-corrected chi connectivity index (χ4v) is 1.32. The van der Waals surface area contributed by atoms with E-state index in [1.54, 1.807) is 0 Å². The monoisotopic (exact) mass is 211 g/mol. The molecule has 0 amide bonds. The lowest BCUT2D eigenvalue weighted by Crippen LogP contribution is -2.06. The molecule has 0 aromatic heterocycles. The van der Waals surface area contributed by atoms with Gasteiger partial charge in [0.05, 0.1) is 12.0 Å². The number of hydrogen-bond acceptors (Lipinski definition) is 4. The number of methoxy groups -OCH3 is 1. The standard InChI is InChI=1S/C9H9NO5/c1-5-7(15-2)4-3-6(10(13)14)8(5)9(11)12/h3-4H,1-2H3,(H,11,12). The largest absolute Gasteiger partial charge is 0.496 e. The molecule has 0 aliphatic carbocycles. The third-order valence-corrected chi connectivity index (χ3v) is 2.02. The number of nitrogens with zero attached hydrogens (tertiary/aromatic N) is 1. The van der Waals surface area contributed by atoms with Crippen molar-refractivity contribution in [1.29, 1.82) is 0 Å². The second-order valence-corrected chi connectivity index (χ2v) is 2.85. The van der Waals surface area contributed by atoms with E-state index in [4.69, 9.17) is 9.84 Å². The molecule has 0 heterocycles. The smallest absolute Gasteiger partial charge is 0.343 e. The van der Waals surface area contributed by atoms with Gasteiger partial charge in [-0.05, 0) is 13.0 Å². The molecule has 1 aromatic rings. The highest BCUT2D eigenvalue weighted by molar-refractivity contribution is 5.94. The van der Waals surface area contributed by atoms with Gasteiger partial charge in [-0.2, -0.15) is 0 Å². The molecule has 6 heteroatoms. The predicted molar refractivity (Wildman–Crippen MR) is 51.3 cm³/mol. The van der Waals surface area contributed by atoms with E-state index in [-0.39, 0.29) is 11.1 Å². The summed E-state index contributed by atoms with van der Waals surface area (Å²) < 4.78 is 4.88. The Balaban J connectivity index is 3.51. The van der Waals surface area contributed by atoms with Gasteiger partial charge in [0.1, 0.15) is 11.3 Å². The SMILES string of the molecule is COc1ccc([N+](=O)[O-])c(C(=O)O)c1C. The van der Waals surface area contributed by atoms with Crippen molar-refractivity contribution in [3.63, 3.8) is 0 Å². The molecule has 0 radical (unpaired) electrons. The van der Waals surface area contributed by atoms with Crippen LogP contribution in [0.2, 0.25) is 0 Å². The molecule has 0 spiro atoms. The summed E-state index contributed by atoms with van der Waals surface area (Å²) in [6.07, 6.45) is 0. The minimum atomic E-state index is -1.34. The lowest BCUT2D eigenvalue weighted by molar-refractivity contribution is -0.385. The van der Waals surface area contributed by atoms with Gasteiger partial charge in [0.2, 0.25) is 0 Å². The van der Waals surface area contributed by atoms with Crippen molar-refractivity contribution in [3.05, 3.63) is 33.4 Å². The maximum Gasteiger partial charge on any atom is 0.343 e. The van der Waals surface area contributed by atoms with Crippen LogP contribution < -0.4 is 4.74 Å². The lowest BCUT2D eigenvalue weighted by atomic mass is 10.1. The average molecular weight is 211 g/mol. The van der Waals surface area contributed by atoms with E-state index in [9.17, 15) is 14.9 Å². The molecular formula is C9H9NO5. The second-order valence-electron chi connectivity index (χ2n) is 2.85. The van der Waals surface area contributed by atoms with Gasteiger partial charge in [-0.15, -0.1) is 0 Å². The minimum Gasteiger partial charge on any atom is -0.496 e. The first kappa shape index (κ1) is 11.0. The molecule has 0 saturated carbocycles. The van der Waals surface area contributed by atoms with Crippen molar-refractivity contribution >= 4 is 11.7 Å². The Labute approximate surface area is 85.2 Å². The van der Waals surface area contributed by atoms with Crippen LogP contribution >= 0.6 is 0 Å². The first-order chi connectivity index (χ1) is 6.99. The molecule has 1 rings (SSSR count). The fourth-order valence-electron chi connectivity index (χ4n) is 1.32. The van der Waals surface area contributed by atoms with Gasteiger partial charge in [-0.25, -0.2) is 4.79 Å². The van der Waals surface area contributed by atoms with E-state index >= 15 is 0 Å². The van der Waals surface area contributed by atoms with Crippen LogP contribution in [0.4, 0.5) is 5.69 Å². The summed E-state index contributed by atoms with van der Waals surface area (Å²) in [4.78, 5) is 20.7. The van der Waals surface area contributed by atoms with Gasteiger partial charge in [0.25, 0.3) is 5.69 Å². The Hall–Kier alpha value is -2.11. The molecule has 0 fully saturated rings. The Morgan fingerprint density at radius 1 is 1.53 bits per heavy atom. The summed E-state index contributed by atoms with van der Waals surface area (Å²) in [5.74, 6) is -1.02. The molecule has 6 nitrogen and oxygen atoms in total. The van der Waals surface area contributed by atoms with Gasteiger partial charge in [0.15, 0.2) is 0 Å². The van der Waals surface area contributed by atoms with Crippen molar-refractivity contribution < 1.29 is 19.6 Å². The van der Waals surface area contributed by atoms with Crippen LogP contribution in [0.15, 0.2) is 12.1 Å². The maximum absolute atomic E-state index is 10.9. The Kier molecular flexibility index (Phi) is 2.89. The van der Waals surface area contributed by atoms with Gasteiger partial charge in [0, 0.05) is 11.6 Å². The van der Waals surface area contributed by atoms with E-state index in [0.717, 1.165) is 6.07 Å². The fraction of sp³-hybridized carbons (Fsp3) is 0.222. The van der Waals surface area contributed by atoms with Gasteiger partial charge in [-0.1, -0.05) is 0 Å².